The van der Waals surface area contributed by atoms with Crippen LogP contribution in [-0.2, 0) is 27.5 Å². The quantitative estimate of drug-likeness (QED) is 0.502. The van der Waals surface area contributed by atoms with Crippen LogP contribution in [0.2, 0.25) is 0 Å². The number of hydrogen-bond acceptors (Lipinski definition) is 5. The number of nitrogens with one attached hydrogen (secondary N) is 1. The van der Waals surface area contributed by atoms with Gasteiger partial charge in [-0.1, -0.05) is 30.3 Å². The van der Waals surface area contributed by atoms with Gasteiger partial charge in [-0.25, -0.2) is 4.79 Å². The highest BCUT2D eigenvalue weighted by Gasteiger charge is 2.21. The lowest BCUT2D eigenvalue weighted by Crippen LogP contribution is -2.43. The number of hydrogen-bond donors (Lipinski definition) is 1. The Hall–Kier alpha value is -2.93. The topological polar surface area (TPSA) is 69.6 Å². The van der Waals surface area contributed by atoms with Crippen LogP contribution >= 0.6 is 11.8 Å². The molecule has 3 aromatic rings. The molecule has 0 unspecified atom stereocenters. The molecule has 0 aliphatic rings. The monoisotopic (exact) mass is 426 g/mol. The number of carbonyl (C=O) groups is 2. The molecule has 3 rings (SSSR count). The molecular weight excluding hydrogens is 400 g/mol. The van der Waals surface area contributed by atoms with Gasteiger partial charge < -0.3 is 19.4 Å². The number of benzene rings is 2. The highest BCUT2D eigenvalue weighted by molar-refractivity contribution is 7.98. The maximum Gasteiger partial charge on any atom is 0.328 e. The van der Waals surface area contributed by atoms with Crippen LogP contribution in [-0.4, -0.2) is 41.6 Å². The van der Waals surface area contributed by atoms with Crippen molar-refractivity contribution in [3.05, 3.63) is 66.4 Å². The number of rotatable bonds is 10. The maximum absolute atomic E-state index is 12.5. The van der Waals surface area contributed by atoms with Gasteiger partial charge in [0.1, 0.15) is 24.9 Å². The number of methoxy groups -OCH3 is 1. The first kappa shape index (κ1) is 21.8. The van der Waals surface area contributed by atoms with Crippen LogP contribution in [0.15, 0.2) is 60.8 Å². The van der Waals surface area contributed by atoms with Gasteiger partial charge in [0.2, 0.25) is 5.91 Å². The Morgan fingerprint density at radius 1 is 1.13 bits per heavy atom. The first-order valence-corrected chi connectivity index (χ1v) is 11.1. The van der Waals surface area contributed by atoms with E-state index in [4.69, 9.17) is 9.47 Å². The van der Waals surface area contributed by atoms with Crippen LogP contribution in [0.3, 0.4) is 0 Å². The summed E-state index contributed by atoms with van der Waals surface area (Å²) < 4.78 is 12.5. The van der Waals surface area contributed by atoms with E-state index in [0.29, 0.717) is 13.0 Å². The van der Waals surface area contributed by atoms with Crippen molar-refractivity contribution < 1.29 is 19.1 Å². The predicted molar refractivity (Wildman–Crippen MR) is 120 cm³/mol. The van der Waals surface area contributed by atoms with E-state index in [9.17, 15) is 9.59 Å². The molecule has 0 saturated carbocycles. The van der Waals surface area contributed by atoms with E-state index in [0.717, 1.165) is 28.0 Å². The van der Waals surface area contributed by atoms with Crippen molar-refractivity contribution in [2.45, 2.75) is 25.6 Å². The number of carbonyl (C=O) groups excluding carboxylic acids is 2. The van der Waals surface area contributed by atoms with Gasteiger partial charge >= 0.3 is 5.97 Å². The Bertz CT molecular complexity index is 987. The SMILES string of the molecule is COC(=O)[C@@H](CCSC)NC(=O)Cn1ccc2cc(OCc3ccccc3)ccc21. The van der Waals surface area contributed by atoms with Crippen molar-refractivity contribution >= 4 is 34.5 Å². The van der Waals surface area contributed by atoms with E-state index in [1.165, 1.54) is 7.11 Å². The number of fused-ring (bicyclic) bond motifs is 1. The Morgan fingerprint density at radius 3 is 2.67 bits per heavy atom. The van der Waals surface area contributed by atoms with Crippen molar-refractivity contribution in [3.63, 3.8) is 0 Å². The number of thioether (sulfide) groups is 1. The maximum atomic E-state index is 12.5. The minimum atomic E-state index is -0.630. The lowest BCUT2D eigenvalue weighted by atomic mass is 10.2. The van der Waals surface area contributed by atoms with E-state index in [2.05, 4.69) is 5.32 Å². The fourth-order valence-electron chi connectivity index (χ4n) is 3.17. The minimum absolute atomic E-state index is 0.125. The molecule has 0 aliphatic carbocycles. The van der Waals surface area contributed by atoms with E-state index < -0.39 is 12.0 Å². The molecule has 1 amide bonds. The molecule has 1 heterocycles. The molecule has 30 heavy (non-hydrogen) atoms. The molecule has 158 valence electrons. The summed E-state index contributed by atoms with van der Waals surface area (Å²) >= 11 is 1.62. The Kier molecular flexibility index (Phi) is 7.79. The van der Waals surface area contributed by atoms with Crippen LogP contribution in [0, 0.1) is 0 Å². The van der Waals surface area contributed by atoms with Crippen molar-refractivity contribution in [1.29, 1.82) is 0 Å². The lowest BCUT2D eigenvalue weighted by molar-refractivity contribution is -0.145. The van der Waals surface area contributed by atoms with Crippen LogP contribution in [0.1, 0.15) is 12.0 Å². The summed E-state index contributed by atoms with van der Waals surface area (Å²) in [4.78, 5) is 24.4. The summed E-state index contributed by atoms with van der Waals surface area (Å²) in [5, 5.41) is 3.77. The summed E-state index contributed by atoms with van der Waals surface area (Å²) in [6.45, 7) is 0.626. The molecule has 0 fully saturated rings. The second-order valence-corrected chi connectivity index (χ2v) is 7.85. The largest absolute Gasteiger partial charge is 0.489 e. The van der Waals surface area contributed by atoms with Crippen LogP contribution in [0.4, 0.5) is 0 Å². The van der Waals surface area contributed by atoms with Gasteiger partial charge in [-0.3, -0.25) is 4.79 Å². The normalized spacial score (nSPS) is 11.8. The Labute approximate surface area is 180 Å². The average Bonchev–Trinajstić information content (AvgIpc) is 3.17. The molecule has 1 aromatic heterocycles. The molecule has 0 aliphatic heterocycles. The third-order valence-electron chi connectivity index (χ3n) is 4.74. The zero-order valence-corrected chi connectivity index (χ0v) is 18.0. The van der Waals surface area contributed by atoms with Crippen molar-refractivity contribution in [2.24, 2.45) is 0 Å². The van der Waals surface area contributed by atoms with E-state index in [1.807, 2.05) is 71.6 Å². The van der Waals surface area contributed by atoms with Gasteiger partial charge in [0, 0.05) is 17.1 Å². The van der Waals surface area contributed by atoms with Crippen molar-refractivity contribution in [3.8, 4) is 5.75 Å². The third kappa shape index (κ3) is 5.79. The lowest BCUT2D eigenvalue weighted by Gasteiger charge is -2.16. The number of aromatic nitrogens is 1. The Balaban J connectivity index is 1.63. The first-order chi connectivity index (χ1) is 14.6. The number of esters is 1. The zero-order chi connectivity index (χ0) is 21.3. The summed E-state index contributed by atoms with van der Waals surface area (Å²) in [5.41, 5.74) is 2.03. The molecule has 1 N–H and O–H groups in total. The third-order valence-corrected chi connectivity index (χ3v) is 5.38. The average molecular weight is 427 g/mol. The number of amides is 1. The molecule has 0 saturated heterocycles. The molecule has 0 spiro atoms. The zero-order valence-electron chi connectivity index (χ0n) is 17.2. The van der Waals surface area contributed by atoms with Gasteiger partial charge in [0.25, 0.3) is 0 Å². The standard InChI is InChI=1S/C23H26N2O4S/c1-28-23(27)20(11-13-30-2)24-22(26)15-25-12-10-18-14-19(8-9-21(18)25)29-16-17-6-4-3-5-7-17/h3-10,12,14,20H,11,13,15-16H2,1-2H3,(H,24,26)/t20-/m1/s1. The summed E-state index contributed by atoms with van der Waals surface area (Å²) in [7, 11) is 1.33. The fraction of sp³-hybridized carbons (Fsp3) is 0.304. The molecule has 7 heteroatoms. The van der Waals surface area contributed by atoms with Crippen molar-refractivity contribution in [1.82, 2.24) is 9.88 Å². The molecule has 0 bridgehead atoms. The first-order valence-electron chi connectivity index (χ1n) is 9.72. The van der Waals surface area contributed by atoms with Gasteiger partial charge in [-0.2, -0.15) is 11.8 Å². The van der Waals surface area contributed by atoms with Crippen LogP contribution in [0.25, 0.3) is 10.9 Å². The molecule has 2 aromatic carbocycles. The van der Waals surface area contributed by atoms with Gasteiger partial charge in [0.05, 0.1) is 7.11 Å². The van der Waals surface area contributed by atoms with Crippen LogP contribution in [0.5, 0.6) is 5.75 Å². The molecule has 6 nitrogen and oxygen atoms in total. The summed E-state index contributed by atoms with van der Waals surface area (Å²) in [6, 6.07) is 17.1. The van der Waals surface area contributed by atoms with E-state index >= 15 is 0 Å². The molecule has 0 radical (unpaired) electrons. The highest BCUT2D eigenvalue weighted by Crippen LogP contribution is 2.23. The number of ether oxygens (including phenoxy) is 2. The molecule has 1 atom stereocenters. The van der Waals surface area contributed by atoms with E-state index in [-0.39, 0.29) is 12.5 Å². The Morgan fingerprint density at radius 2 is 1.93 bits per heavy atom. The summed E-state index contributed by atoms with van der Waals surface area (Å²) in [5.74, 6) is 0.887. The smallest absolute Gasteiger partial charge is 0.328 e. The number of nitrogens with zero attached hydrogens (tertiary/aromatic N) is 1. The van der Waals surface area contributed by atoms with Gasteiger partial charge in [-0.15, -0.1) is 0 Å². The fourth-order valence-corrected chi connectivity index (χ4v) is 3.64. The van der Waals surface area contributed by atoms with Gasteiger partial charge in [0.15, 0.2) is 0 Å². The minimum Gasteiger partial charge on any atom is -0.489 e. The van der Waals surface area contributed by atoms with Gasteiger partial charge in [-0.05, 0) is 48.3 Å². The predicted octanol–water partition coefficient (Wildman–Crippen LogP) is 3.63. The summed E-state index contributed by atoms with van der Waals surface area (Å²) in [6.07, 6.45) is 4.36. The highest BCUT2D eigenvalue weighted by atomic mass is 32.2. The second-order valence-electron chi connectivity index (χ2n) is 6.86. The van der Waals surface area contributed by atoms with E-state index in [1.54, 1.807) is 11.8 Å². The van der Waals surface area contributed by atoms with Crippen LogP contribution < -0.4 is 10.1 Å². The molecular formula is C23H26N2O4S. The van der Waals surface area contributed by atoms with Crippen molar-refractivity contribution in [2.75, 3.05) is 19.1 Å². The second kappa shape index (κ2) is 10.7.